The van der Waals surface area contributed by atoms with Crippen LogP contribution in [0.1, 0.15) is 49.2 Å². The number of nitrogens with zero attached hydrogens (tertiary/aromatic N) is 1. The molecule has 1 amide bonds. The fourth-order valence-corrected chi connectivity index (χ4v) is 3.59. The van der Waals surface area contributed by atoms with Gasteiger partial charge in [-0.25, -0.2) is 4.98 Å². The Morgan fingerprint density at radius 1 is 1.35 bits per heavy atom. The van der Waals surface area contributed by atoms with E-state index in [0.717, 1.165) is 42.4 Å². The van der Waals surface area contributed by atoms with E-state index in [0.29, 0.717) is 13.0 Å². The van der Waals surface area contributed by atoms with Crippen LogP contribution in [0.2, 0.25) is 0 Å². The molecule has 1 aromatic rings. The van der Waals surface area contributed by atoms with E-state index in [9.17, 15) is 18.0 Å². The van der Waals surface area contributed by atoms with E-state index >= 15 is 0 Å². The Morgan fingerprint density at radius 2 is 2.00 bits per heavy atom. The largest absolute Gasteiger partial charge is 0.434 e. The standard InChI is InChI=1S/C14H20F3N3OS.ClH/c15-14(16,17)10-8-22-12(20-10)7-19-11(21)6-13(9-18)4-2-1-3-5-13;/h8H,1-7,9,18H2,(H,19,21);1H. The summed E-state index contributed by atoms with van der Waals surface area (Å²) in [5, 5.41) is 3.87. The number of alkyl halides is 3. The van der Waals surface area contributed by atoms with Crippen molar-refractivity contribution in [2.45, 2.75) is 51.2 Å². The number of amides is 1. The summed E-state index contributed by atoms with van der Waals surface area (Å²) in [6.07, 6.45) is 1.09. The quantitative estimate of drug-likeness (QED) is 0.832. The molecule has 0 unspecified atom stereocenters. The third-order valence-electron chi connectivity index (χ3n) is 4.16. The van der Waals surface area contributed by atoms with E-state index in [1.165, 1.54) is 6.42 Å². The Labute approximate surface area is 143 Å². The van der Waals surface area contributed by atoms with Gasteiger partial charge in [0, 0.05) is 11.8 Å². The van der Waals surface area contributed by atoms with Gasteiger partial charge in [-0.1, -0.05) is 19.3 Å². The van der Waals surface area contributed by atoms with Gasteiger partial charge in [-0.3, -0.25) is 4.79 Å². The van der Waals surface area contributed by atoms with Crippen LogP contribution in [0.15, 0.2) is 5.38 Å². The molecular weight excluding hydrogens is 351 g/mol. The summed E-state index contributed by atoms with van der Waals surface area (Å²) in [5.41, 5.74) is 4.77. The minimum absolute atomic E-state index is 0. The van der Waals surface area contributed by atoms with Crippen LogP contribution in [-0.2, 0) is 17.5 Å². The van der Waals surface area contributed by atoms with Crippen molar-refractivity contribution in [1.82, 2.24) is 10.3 Å². The Morgan fingerprint density at radius 3 is 2.52 bits per heavy atom. The van der Waals surface area contributed by atoms with E-state index in [1.54, 1.807) is 0 Å². The number of hydrogen-bond donors (Lipinski definition) is 2. The predicted molar refractivity (Wildman–Crippen MR) is 85.4 cm³/mol. The van der Waals surface area contributed by atoms with Crippen LogP contribution in [0, 0.1) is 5.41 Å². The lowest BCUT2D eigenvalue weighted by atomic mass is 9.72. The minimum Gasteiger partial charge on any atom is -0.350 e. The first kappa shape index (κ1) is 20.2. The van der Waals surface area contributed by atoms with Crippen molar-refractivity contribution < 1.29 is 18.0 Å². The maximum absolute atomic E-state index is 12.4. The van der Waals surface area contributed by atoms with Crippen molar-refractivity contribution in [3.63, 3.8) is 0 Å². The Kier molecular flexibility index (Phi) is 7.29. The molecular formula is C14H21ClF3N3OS. The van der Waals surface area contributed by atoms with Gasteiger partial charge in [0.1, 0.15) is 5.01 Å². The zero-order valence-electron chi connectivity index (χ0n) is 12.6. The molecule has 4 nitrogen and oxygen atoms in total. The molecule has 1 aromatic heterocycles. The highest BCUT2D eigenvalue weighted by Crippen LogP contribution is 2.38. The van der Waals surface area contributed by atoms with Gasteiger partial charge in [0.05, 0.1) is 6.54 Å². The lowest BCUT2D eigenvalue weighted by Gasteiger charge is -2.35. The summed E-state index contributed by atoms with van der Waals surface area (Å²) in [6.45, 7) is 0.496. The van der Waals surface area contributed by atoms with Crippen LogP contribution in [0.3, 0.4) is 0 Å². The van der Waals surface area contributed by atoms with E-state index < -0.39 is 11.9 Å². The smallest absolute Gasteiger partial charge is 0.350 e. The molecule has 0 bridgehead atoms. The summed E-state index contributed by atoms with van der Waals surface area (Å²) in [6, 6.07) is 0. The van der Waals surface area contributed by atoms with Crippen LogP contribution >= 0.6 is 23.7 Å². The first-order valence-electron chi connectivity index (χ1n) is 7.33. The molecule has 0 atom stereocenters. The molecule has 3 N–H and O–H groups in total. The average molecular weight is 372 g/mol. The van der Waals surface area contributed by atoms with Crippen molar-refractivity contribution in [2.75, 3.05) is 6.54 Å². The summed E-state index contributed by atoms with van der Waals surface area (Å²) in [4.78, 5) is 15.5. The van der Waals surface area contributed by atoms with Gasteiger partial charge in [0.2, 0.25) is 5.91 Å². The van der Waals surface area contributed by atoms with Gasteiger partial charge < -0.3 is 11.1 Å². The minimum atomic E-state index is -4.44. The summed E-state index contributed by atoms with van der Waals surface area (Å²) < 4.78 is 37.3. The number of rotatable bonds is 5. The molecule has 2 rings (SSSR count). The Hall–Kier alpha value is -0.860. The monoisotopic (exact) mass is 371 g/mol. The maximum Gasteiger partial charge on any atom is 0.434 e. The molecule has 1 aliphatic rings. The number of nitrogens with one attached hydrogen (secondary N) is 1. The van der Waals surface area contributed by atoms with Gasteiger partial charge in [-0.05, 0) is 24.8 Å². The highest BCUT2D eigenvalue weighted by Gasteiger charge is 2.34. The first-order valence-corrected chi connectivity index (χ1v) is 8.21. The van der Waals surface area contributed by atoms with Crippen LogP contribution in [-0.4, -0.2) is 17.4 Å². The zero-order chi connectivity index (χ0) is 16.2. The van der Waals surface area contributed by atoms with Gasteiger partial charge in [0.15, 0.2) is 5.69 Å². The third kappa shape index (κ3) is 5.61. The molecule has 1 fully saturated rings. The SMILES string of the molecule is Cl.NCC1(CC(=O)NCc2nc(C(F)(F)F)cs2)CCCCC1. The molecule has 1 aliphatic carbocycles. The number of halogens is 4. The number of nitrogens with two attached hydrogens (primary N) is 1. The van der Waals surface area contributed by atoms with E-state index in [2.05, 4.69) is 10.3 Å². The third-order valence-corrected chi connectivity index (χ3v) is 5.01. The van der Waals surface area contributed by atoms with Crippen molar-refractivity contribution in [3.8, 4) is 0 Å². The van der Waals surface area contributed by atoms with Crippen molar-refractivity contribution >= 4 is 29.7 Å². The molecule has 0 spiro atoms. The van der Waals surface area contributed by atoms with Crippen molar-refractivity contribution in [3.05, 3.63) is 16.1 Å². The molecule has 1 saturated carbocycles. The lowest BCUT2D eigenvalue weighted by Crippen LogP contribution is -2.38. The average Bonchev–Trinajstić information content (AvgIpc) is 2.95. The molecule has 0 saturated heterocycles. The molecule has 0 aliphatic heterocycles. The lowest BCUT2D eigenvalue weighted by molar-refractivity contribution is -0.140. The van der Waals surface area contributed by atoms with Gasteiger partial charge in [0.25, 0.3) is 0 Å². The number of carbonyl (C=O) groups is 1. The summed E-state index contributed by atoms with van der Waals surface area (Å²) >= 11 is 0.899. The molecule has 1 heterocycles. The fourth-order valence-electron chi connectivity index (χ4n) is 2.85. The maximum atomic E-state index is 12.4. The second kappa shape index (κ2) is 8.30. The number of aromatic nitrogens is 1. The fraction of sp³-hybridized carbons (Fsp3) is 0.714. The van der Waals surface area contributed by atoms with E-state index in [4.69, 9.17) is 5.73 Å². The van der Waals surface area contributed by atoms with Crippen LogP contribution in [0.5, 0.6) is 0 Å². The highest BCUT2D eigenvalue weighted by atomic mass is 35.5. The Balaban J connectivity index is 0.00000264. The van der Waals surface area contributed by atoms with Crippen molar-refractivity contribution in [1.29, 1.82) is 0 Å². The molecule has 9 heteroatoms. The number of hydrogen-bond acceptors (Lipinski definition) is 4. The number of carbonyl (C=O) groups excluding carboxylic acids is 1. The zero-order valence-corrected chi connectivity index (χ0v) is 14.3. The molecule has 0 aromatic carbocycles. The number of thiazole rings is 1. The van der Waals surface area contributed by atoms with Gasteiger partial charge in [-0.2, -0.15) is 13.2 Å². The summed E-state index contributed by atoms with van der Waals surface area (Å²) in [7, 11) is 0. The first-order chi connectivity index (χ1) is 10.3. The normalized spacial score (nSPS) is 17.4. The van der Waals surface area contributed by atoms with Crippen LogP contribution < -0.4 is 11.1 Å². The van der Waals surface area contributed by atoms with Crippen LogP contribution in [0.25, 0.3) is 0 Å². The summed E-state index contributed by atoms with van der Waals surface area (Å²) in [5.74, 6) is -0.170. The molecule has 0 radical (unpaired) electrons. The predicted octanol–water partition coefficient (Wildman–Crippen LogP) is 3.50. The Bertz CT molecular complexity index is 516. The topological polar surface area (TPSA) is 68.0 Å². The van der Waals surface area contributed by atoms with E-state index in [1.807, 2.05) is 0 Å². The molecule has 23 heavy (non-hydrogen) atoms. The van der Waals surface area contributed by atoms with E-state index in [-0.39, 0.29) is 35.3 Å². The van der Waals surface area contributed by atoms with Gasteiger partial charge in [-0.15, -0.1) is 23.7 Å². The van der Waals surface area contributed by atoms with Crippen LogP contribution in [0.4, 0.5) is 13.2 Å². The van der Waals surface area contributed by atoms with Crippen molar-refractivity contribution in [2.24, 2.45) is 11.1 Å². The second-order valence-corrected chi connectivity index (χ2v) is 6.79. The second-order valence-electron chi connectivity index (χ2n) is 5.84. The molecule has 132 valence electrons. The highest BCUT2D eigenvalue weighted by molar-refractivity contribution is 7.09. The van der Waals surface area contributed by atoms with Gasteiger partial charge >= 0.3 is 6.18 Å².